The van der Waals surface area contributed by atoms with Gasteiger partial charge >= 0.3 is 5.97 Å². The van der Waals surface area contributed by atoms with E-state index in [-0.39, 0.29) is 12.5 Å². The largest absolute Gasteiger partial charge is 0.468 e. The average molecular weight is 194 g/mol. The molecule has 0 aromatic carbocycles. The Balaban J connectivity index is 2.41. The molecule has 0 saturated heterocycles. The molecule has 0 N–H and O–H groups in total. The molecule has 4 heteroatoms. The van der Waals surface area contributed by atoms with Gasteiger partial charge in [-0.2, -0.15) is 0 Å². The van der Waals surface area contributed by atoms with E-state index in [0.717, 1.165) is 5.69 Å². The number of nitrogens with zero attached hydrogens (tertiary/aromatic N) is 2. The first-order valence-corrected chi connectivity index (χ1v) is 4.37. The molecule has 0 fully saturated rings. The number of hydrogen-bond donors (Lipinski definition) is 0. The Morgan fingerprint density at radius 1 is 1.57 bits per heavy atom. The number of ether oxygens (including phenoxy) is 1. The van der Waals surface area contributed by atoms with E-state index in [2.05, 4.69) is 9.72 Å². The summed E-state index contributed by atoms with van der Waals surface area (Å²) in [6.07, 6.45) is 1.74. The van der Waals surface area contributed by atoms with E-state index >= 15 is 0 Å². The van der Waals surface area contributed by atoms with Gasteiger partial charge < -0.3 is 4.74 Å². The lowest BCUT2D eigenvalue weighted by molar-refractivity contribution is -0.141. The molecule has 0 bridgehead atoms. The Bertz CT molecular complexity index is 287. The molecule has 0 aliphatic carbocycles. The van der Waals surface area contributed by atoms with Crippen molar-refractivity contribution in [3.8, 4) is 0 Å². The van der Waals surface area contributed by atoms with Crippen LogP contribution in [0.15, 0.2) is 24.4 Å². The summed E-state index contributed by atoms with van der Waals surface area (Å²) in [4.78, 5) is 16.9. The fourth-order valence-corrected chi connectivity index (χ4v) is 1.11. The fraction of sp³-hybridized carbons (Fsp3) is 0.400. The Hall–Kier alpha value is -1.42. The van der Waals surface area contributed by atoms with Gasteiger partial charge in [0.2, 0.25) is 0 Å². The monoisotopic (exact) mass is 194 g/mol. The molecular weight excluding hydrogens is 180 g/mol. The van der Waals surface area contributed by atoms with Crippen LogP contribution in [0, 0.1) is 0 Å². The van der Waals surface area contributed by atoms with Gasteiger partial charge in [0.1, 0.15) is 0 Å². The highest BCUT2D eigenvalue weighted by atomic mass is 16.5. The number of methoxy groups -OCH3 is 1. The van der Waals surface area contributed by atoms with Crippen molar-refractivity contribution in [2.24, 2.45) is 0 Å². The van der Waals surface area contributed by atoms with Gasteiger partial charge in [-0.1, -0.05) is 6.07 Å². The summed E-state index contributed by atoms with van der Waals surface area (Å²) >= 11 is 0. The van der Waals surface area contributed by atoms with Gasteiger partial charge in [-0.3, -0.25) is 14.7 Å². The van der Waals surface area contributed by atoms with Gasteiger partial charge in [0, 0.05) is 12.7 Å². The molecule has 0 amide bonds. The van der Waals surface area contributed by atoms with Crippen molar-refractivity contribution >= 4 is 5.97 Å². The molecule has 1 aromatic rings. The predicted octanol–water partition coefficient (Wildman–Crippen LogP) is 0.686. The Morgan fingerprint density at radius 3 is 2.93 bits per heavy atom. The van der Waals surface area contributed by atoms with E-state index in [1.165, 1.54) is 7.11 Å². The first-order valence-electron chi connectivity index (χ1n) is 4.37. The van der Waals surface area contributed by atoms with E-state index in [4.69, 9.17) is 0 Å². The van der Waals surface area contributed by atoms with Crippen LogP contribution in [0.25, 0.3) is 0 Å². The molecule has 1 rings (SSSR count). The standard InChI is InChI=1S/C10H14N2O2/c1-12(8-10(13)14-2)7-9-5-3-4-6-11-9/h3-6H,7-8H2,1-2H3. The maximum atomic E-state index is 10.9. The smallest absolute Gasteiger partial charge is 0.319 e. The van der Waals surface area contributed by atoms with Crippen LogP contribution in [0.3, 0.4) is 0 Å². The Labute approximate surface area is 83.5 Å². The average Bonchev–Trinajstić information content (AvgIpc) is 2.19. The maximum Gasteiger partial charge on any atom is 0.319 e. The second-order valence-corrected chi connectivity index (χ2v) is 3.07. The summed E-state index contributed by atoms with van der Waals surface area (Å²) in [6.45, 7) is 0.934. The van der Waals surface area contributed by atoms with E-state index in [1.807, 2.05) is 30.1 Å². The zero-order chi connectivity index (χ0) is 10.4. The minimum absolute atomic E-state index is 0.233. The Kier molecular flexibility index (Phi) is 4.07. The normalized spacial score (nSPS) is 10.2. The van der Waals surface area contributed by atoms with Crippen molar-refractivity contribution in [2.45, 2.75) is 6.54 Å². The van der Waals surface area contributed by atoms with Crippen molar-refractivity contribution in [1.29, 1.82) is 0 Å². The molecule has 0 aliphatic heterocycles. The number of carbonyl (C=O) groups excluding carboxylic acids is 1. The molecule has 4 nitrogen and oxygen atoms in total. The molecule has 0 aliphatic rings. The highest BCUT2D eigenvalue weighted by Crippen LogP contribution is 1.98. The third kappa shape index (κ3) is 3.53. The van der Waals surface area contributed by atoms with Crippen molar-refractivity contribution in [2.75, 3.05) is 20.7 Å². The molecule has 0 saturated carbocycles. The van der Waals surface area contributed by atoms with E-state index in [9.17, 15) is 4.79 Å². The van der Waals surface area contributed by atoms with Crippen LogP contribution < -0.4 is 0 Å². The van der Waals surface area contributed by atoms with E-state index < -0.39 is 0 Å². The van der Waals surface area contributed by atoms with Crippen LogP contribution in [0.4, 0.5) is 0 Å². The molecule has 0 unspecified atom stereocenters. The Morgan fingerprint density at radius 2 is 2.36 bits per heavy atom. The van der Waals surface area contributed by atoms with Crippen molar-refractivity contribution < 1.29 is 9.53 Å². The van der Waals surface area contributed by atoms with Gasteiger partial charge in [-0.25, -0.2) is 0 Å². The zero-order valence-corrected chi connectivity index (χ0v) is 8.43. The number of rotatable bonds is 4. The van der Waals surface area contributed by atoms with Crippen LogP contribution in [0.1, 0.15) is 5.69 Å². The molecule has 1 aromatic heterocycles. The second kappa shape index (κ2) is 5.34. The van der Waals surface area contributed by atoms with Crippen LogP contribution in [-0.2, 0) is 16.1 Å². The molecule has 76 valence electrons. The van der Waals surface area contributed by atoms with Crippen molar-refractivity contribution in [3.05, 3.63) is 30.1 Å². The van der Waals surface area contributed by atoms with Crippen molar-refractivity contribution in [3.63, 3.8) is 0 Å². The topological polar surface area (TPSA) is 42.4 Å². The van der Waals surface area contributed by atoms with Gasteiger partial charge in [-0.05, 0) is 19.2 Å². The molecule has 0 radical (unpaired) electrons. The summed E-state index contributed by atoms with van der Waals surface area (Å²) in [5, 5.41) is 0. The van der Waals surface area contributed by atoms with Gasteiger partial charge in [0.15, 0.2) is 0 Å². The lowest BCUT2D eigenvalue weighted by Crippen LogP contribution is -2.26. The first kappa shape index (κ1) is 10.7. The van der Waals surface area contributed by atoms with Gasteiger partial charge in [0.25, 0.3) is 0 Å². The summed E-state index contributed by atoms with van der Waals surface area (Å²) in [5.41, 5.74) is 0.943. The van der Waals surface area contributed by atoms with E-state index in [1.54, 1.807) is 6.20 Å². The van der Waals surface area contributed by atoms with Crippen LogP contribution in [-0.4, -0.2) is 36.6 Å². The van der Waals surface area contributed by atoms with Crippen LogP contribution in [0.5, 0.6) is 0 Å². The number of hydrogen-bond acceptors (Lipinski definition) is 4. The molecule has 14 heavy (non-hydrogen) atoms. The number of aromatic nitrogens is 1. The fourth-order valence-electron chi connectivity index (χ4n) is 1.11. The van der Waals surface area contributed by atoms with Crippen molar-refractivity contribution in [1.82, 2.24) is 9.88 Å². The van der Waals surface area contributed by atoms with E-state index in [0.29, 0.717) is 6.54 Å². The number of pyridine rings is 1. The van der Waals surface area contributed by atoms with Crippen LogP contribution >= 0.6 is 0 Å². The third-order valence-corrected chi connectivity index (χ3v) is 1.78. The summed E-state index contributed by atoms with van der Waals surface area (Å²) < 4.78 is 4.56. The SMILES string of the molecule is COC(=O)CN(C)Cc1ccccn1. The number of esters is 1. The zero-order valence-electron chi connectivity index (χ0n) is 8.43. The molecule has 0 atom stereocenters. The van der Waals surface area contributed by atoms with Crippen LogP contribution in [0.2, 0.25) is 0 Å². The van der Waals surface area contributed by atoms with Gasteiger partial charge in [-0.15, -0.1) is 0 Å². The summed E-state index contributed by atoms with van der Waals surface area (Å²) in [7, 11) is 3.24. The maximum absolute atomic E-state index is 10.9. The highest BCUT2D eigenvalue weighted by Gasteiger charge is 2.06. The number of likely N-dealkylation sites (N-methyl/N-ethyl adjacent to an activating group) is 1. The minimum Gasteiger partial charge on any atom is -0.468 e. The molecule has 1 heterocycles. The highest BCUT2D eigenvalue weighted by molar-refractivity contribution is 5.71. The lowest BCUT2D eigenvalue weighted by Gasteiger charge is -2.13. The lowest BCUT2D eigenvalue weighted by atomic mass is 10.3. The third-order valence-electron chi connectivity index (χ3n) is 1.78. The molecular formula is C10H14N2O2. The molecule has 0 spiro atoms. The number of carbonyl (C=O) groups is 1. The minimum atomic E-state index is -0.233. The summed E-state index contributed by atoms with van der Waals surface area (Å²) in [6, 6.07) is 5.71. The second-order valence-electron chi connectivity index (χ2n) is 3.07. The quantitative estimate of drug-likeness (QED) is 0.661. The predicted molar refractivity (Wildman–Crippen MR) is 52.6 cm³/mol. The van der Waals surface area contributed by atoms with Gasteiger partial charge in [0.05, 0.1) is 19.3 Å². The first-order chi connectivity index (χ1) is 6.72. The summed E-state index contributed by atoms with van der Waals surface area (Å²) in [5.74, 6) is -0.233.